The fourth-order valence-electron chi connectivity index (χ4n) is 3.59. The maximum Gasteiger partial charge on any atom is 0.322 e. The predicted octanol–water partition coefficient (Wildman–Crippen LogP) is 3.48. The lowest BCUT2D eigenvalue weighted by atomic mass is 10.2. The van der Waals surface area contributed by atoms with E-state index in [0.29, 0.717) is 13.1 Å². The molecule has 2 fully saturated rings. The molecule has 0 spiro atoms. The number of amides is 3. The topological polar surface area (TPSA) is 75.0 Å². The maximum atomic E-state index is 13.2. The number of furan rings is 1. The van der Waals surface area contributed by atoms with E-state index in [1.807, 2.05) is 42.5 Å². The van der Waals surface area contributed by atoms with E-state index in [2.05, 4.69) is 5.32 Å². The molecule has 1 aromatic carbocycles. The maximum absolute atomic E-state index is 13.2. The first kappa shape index (κ1) is 19.5. The molecule has 1 aliphatic carbocycles. The Morgan fingerprint density at radius 3 is 2.55 bits per heavy atom. The molecule has 1 saturated heterocycles. The van der Waals surface area contributed by atoms with Crippen LogP contribution in [0.1, 0.15) is 31.4 Å². The summed E-state index contributed by atoms with van der Waals surface area (Å²) < 4.78 is 11.2. The summed E-state index contributed by atoms with van der Waals surface area (Å²) in [6.45, 7) is 1.68. The normalized spacial score (nSPS) is 18.4. The quantitative estimate of drug-likeness (QED) is 0.740. The van der Waals surface area contributed by atoms with Gasteiger partial charge in [0.2, 0.25) is 5.91 Å². The van der Waals surface area contributed by atoms with Crippen LogP contribution >= 0.6 is 0 Å². The summed E-state index contributed by atoms with van der Waals surface area (Å²) in [5.41, 5.74) is 0.724. The number of anilines is 1. The molecule has 7 nitrogen and oxygen atoms in total. The third-order valence-corrected chi connectivity index (χ3v) is 5.31. The van der Waals surface area contributed by atoms with E-state index in [9.17, 15) is 9.59 Å². The molecule has 2 aromatic rings. The standard InChI is InChI=1S/C22H27N3O4/c26-21(24(14-19-8-4-12-28-19)15-20-9-5-13-29-20)16-25(18-10-11-18)22(27)23-17-6-2-1-3-7-17/h1-4,6-8,12,18,20H,5,9-11,13-16H2,(H,23,27). The summed E-state index contributed by atoms with van der Waals surface area (Å²) in [5.74, 6) is 0.634. The Labute approximate surface area is 170 Å². The molecule has 0 bridgehead atoms. The van der Waals surface area contributed by atoms with Crippen LogP contribution < -0.4 is 5.32 Å². The Balaban J connectivity index is 1.42. The van der Waals surface area contributed by atoms with Crippen LogP contribution in [0.5, 0.6) is 0 Å². The summed E-state index contributed by atoms with van der Waals surface area (Å²) >= 11 is 0. The number of hydrogen-bond acceptors (Lipinski definition) is 4. The Bertz CT molecular complexity index is 799. The van der Waals surface area contributed by atoms with Crippen LogP contribution in [0.4, 0.5) is 10.5 Å². The molecule has 4 rings (SSSR count). The van der Waals surface area contributed by atoms with Gasteiger partial charge in [0, 0.05) is 24.9 Å². The SMILES string of the molecule is O=C(CN(C(=O)Nc1ccccc1)C1CC1)N(Cc1ccco1)CC1CCCO1. The number of para-hydroxylation sites is 1. The molecule has 2 aliphatic rings. The van der Waals surface area contributed by atoms with Crippen LogP contribution in [-0.4, -0.2) is 53.6 Å². The Kier molecular flexibility index (Phi) is 6.14. The summed E-state index contributed by atoms with van der Waals surface area (Å²) in [6, 6.07) is 12.9. The first-order valence-corrected chi connectivity index (χ1v) is 10.2. The highest BCUT2D eigenvalue weighted by Gasteiger charge is 2.35. The van der Waals surface area contributed by atoms with Gasteiger partial charge in [0.1, 0.15) is 12.3 Å². The lowest BCUT2D eigenvalue weighted by Gasteiger charge is -2.29. The summed E-state index contributed by atoms with van der Waals surface area (Å²) in [6.07, 6.45) is 5.47. The second-order valence-electron chi connectivity index (χ2n) is 7.64. The molecule has 1 saturated carbocycles. The van der Waals surface area contributed by atoms with Crippen molar-refractivity contribution in [3.05, 3.63) is 54.5 Å². The van der Waals surface area contributed by atoms with E-state index in [0.717, 1.165) is 43.7 Å². The molecule has 2 heterocycles. The third kappa shape index (κ3) is 5.38. The lowest BCUT2D eigenvalue weighted by molar-refractivity contribution is -0.134. The van der Waals surface area contributed by atoms with Gasteiger partial charge in [-0.3, -0.25) is 4.79 Å². The highest BCUT2D eigenvalue weighted by atomic mass is 16.5. The van der Waals surface area contributed by atoms with Crippen molar-refractivity contribution in [3.8, 4) is 0 Å². The van der Waals surface area contributed by atoms with Crippen LogP contribution in [-0.2, 0) is 16.1 Å². The zero-order chi connectivity index (χ0) is 20.1. The Hall–Kier alpha value is -2.80. The van der Waals surface area contributed by atoms with E-state index < -0.39 is 0 Å². The van der Waals surface area contributed by atoms with Gasteiger partial charge in [-0.15, -0.1) is 0 Å². The zero-order valence-corrected chi connectivity index (χ0v) is 16.5. The average molecular weight is 397 g/mol. The van der Waals surface area contributed by atoms with Crippen LogP contribution in [0.25, 0.3) is 0 Å². The monoisotopic (exact) mass is 397 g/mol. The third-order valence-electron chi connectivity index (χ3n) is 5.31. The molecule has 0 radical (unpaired) electrons. The van der Waals surface area contributed by atoms with E-state index in [1.165, 1.54) is 0 Å². The van der Waals surface area contributed by atoms with Crippen LogP contribution in [0.15, 0.2) is 53.1 Å². The first-order chi connectivity index (χ1) is 14.2. The van der Waals surface area contributed by atoms with Crippen LogP contribution in [0.2, 0.25) is 0 Å². The smallest absolute Gasteiger partial charge is 0.322 e. The van der Waals surface area contributed by atoms with Gasteiger partial charge in [0.15, 0.2) is 0 Å². The number of benzene rings is 1. The second-order valence-corrected chi connectivity index (χ2v) is 7.64. The minimum absolute atomic E-state index is 0.0430. The minimum Gasteiger partial charge on any atom is -0.467 e. The van der Waals surface area contributed by atoms with Gasteiger partial charge < -0.3 is 24.3 Å². The number of urea groups is 1. The van der Waals surface area contributed by atoms with Crippen molar-refractivity contribution in [3.63, 3.8) is 0 Å². The van der Waals surface area contributed by atoms with Crippen LogP contribution in [0, 0.1) is 0 Å². The average Bonchev–Trinajstić information content (AvgIpc) is 3.19. The highest BCUT2D eigenvalue weighted by molar-refractivity contribution is 5.92. The van der Waals surface area contributed by atoms with Crippen molar-refractivity contribution < 1.29 is 18.7 Å². The molecule has 1 aromatic heterocycles. The number of ether oxygens (including phenoxy) is 1. The van der Waals surface area contributed by atoms with Gasteiger partial charge >= 0.3 is 6.03 Å². The molecule has 154 valence electrons. The van der Waals surface area contributed by atoms with Crippen molar-refractivity contribution in [2.75, 3.05) is 25.0 Å². The first-order valence-electron chi connectivity index (χ1n) is 10.2. The molecule has 3 amide bonds. The van der Waals surface area contributed by atoms with Crippen molar-refractivity contribution in [2.24, 2.45) is 0 Å². The van der Waals surface area contributed by atoms with Gasteiger partial charge in [-0.2, -0.15) is 0 Å². The molecule has 1 atom stereocenters. The van der Waals surface area contributed by atoms with Crippen LogP contribution in [0.3, 0.4) is 0 Å². The minimum atomic E-state index is -0.234. The number of nitrogens with zero attached hydrogens (tertiary/aromatic N) is 2. The van der Waals surface area contributed by atoms with Gasteiger partial charge in [0.05, 0.1) is 18.9 Å². The van der Waals surface area contributed by atoms with Gasteiger partial charge in [0.25, 0.3) is 0 Å². The fourth-order valence-corrected chi connectivity index (χ4v) is 3.59. The predicted molar refractivity (Wildman–Crippen MR) is 108 cm³/mol. The van der Waals surface area contributed by atoms with Crippen molar-refractivity contribution in [2.45, 2.75) is 44.4 Å². The number of carbonyl (C=O) groups excluding carboxylic acids is 2. The van der Waals surface area contributed by atoms with E-state index in [4.69, 9.17) is 9.15 Å². The van der Waals surface area contributed by atoms with E-state index in [1.54, 1.807) is 16.1 Å². The Morgan fingerprint density at radius 1 is 1.07 bits per heavy atom. The number of rotatable bonds is 8. The lowest BCUT2D eigenvalue weighted by Crippen LogP contribution is -2.47. The summed E-state index contributed by atoms with van der Waals surface area (Å²) in [5, 5.41) is 2.90. The molecular formula is C22H27N3O4. The van der Waals surface area contributed by atoms with Gasteiger partial charge in [-0.05, 0) is 49.9 Å². The Morgan fingerprint density at radius 2 is 1.90 bits per heavy atom. The number of nitrogens with one attached hydrogen (secondary N) is 1. The molecular weight excluding hydrogens is 370 g/mol. The van der Waals surface area contributed by atoms with Gasteiger partial charge in [-0.1, -0.05) is 18.2 Å². The number of carbonyl (C=O) groups is 2. The number of hydrogen-bond donors (Lipinski definition) is 1. The fraction of sp³-hybridized carbons (Fsp3) is 0.455. The van der Waals surface area contributed by atoms with E-state index in [-0.39, 0.29) is 30.6 Å². The molecule has 7 heteroatoms. The highest BCUT2D eigenvalue weighted by Crippen LogP contribution is 2.28. The molecule has 1 aliphatic heterocycles. The summed E-state index contributed by atoms with van der Waals surface area (Å²) in [7, 11) is 0. The van der Waals surface area contributed by atoms with Crippen molar-refractivity contribution in [1.29, 1.82) is 0 Å². The van der Waals surface area contributed by atoms with E-state index >= 15 is 0 Å². The zero-order valence-electron chi connectivity index (χ0n) is 16.5. The summed E-state index contributed by atoms with van der Waals surface area (Å²) in [4.78, 5) is 29.4. The second kappa shape index (κ2) is 9.13. The molecule has 1 unspecified atom stereocenters. The van der Waals surface area contributed by atoms with Crippen molar-refractivity contribution >= 4 is 17.6 Å². The van der Waals surface area contributed by atoms with Crippen molar-refractivity contribution in [1.82, 2.24) is 9.80 Å². The van der Waals surface area contributed by atoms with Gasteiger partial charge in [-0.25, -0.2) is 4.79 Å². The molecule has 1 N–H and O–H groups in total. The largest absolute Gasteiger partial charge is 0.467 e. The molecule has 29 heavy (non-hydrogen) atoms.